The molecule has 0 radical (unpaired) electrons. The summed E-state index contributed by atoms with van der Waals surface area (Å²) in [5.74, 6) is -0.376. The topological polar surface area (TPSA) is 64.0 Å². The molecule has 164 valence electrons. The van der Waals surface area contributed by atoms with Crippen molar-refractivity contribution in [3.8, 4) is 11.1 Å². The highest BCUT2D eigenvalue weighted by molar-refractivity contribution is 7.17. The molecule has 0 aliphatic rings. The van der Waals surface area contributed by atoms with E-state index < -0.39 is 6.04 Å². The highest BCUT2D eigenvalue weighted by Gasteiger charge is 2.21. The second-order valence-electron chi connectivity index (χ2n) is 7.67. The molecule has 1 N–H and O–H groups in total. The molecule has 0 aliphatic heterocycles. The van der Waals surface area contributed by atoms with Crippen molar-refractivity contribution < 1.29 is 4.79 Å². The Hall–Kier alpha value is -3.19. The number of anilines is 1. The minimum atomic E-state index is -0.795. The van der Waals surface area contributed by atoms with E-state index in [4.69, 9.17) is 23.2 Å². The molecule has 0 saturated heterocycles. The van der Waals surface area contributed by atoms with Gasteiger partial charge >= 0.3 is 0 Å². The Morgan fingerprint density at radius 3 is 2.52 bits per heavy atom. The van der Waals surface area contributed by atoms with Crippen LogP contribution < -0.4 is 10.9 Å². The van der Waals surface area contributed by atoms with E-state index in [1.807, 2.05) is 41.8 Å². The van der Waals surface area contributed by atoms with Crippen LogP contribution in [0.5, 0.6) is 0 Å². The number of aromatic nitrogens is 2. The molecule has 0 bridgehead atoms. The second kappa shape index (κ2) is 8.63. The van der Waals surface area contributed by atoms with Crippen molar-refractivity contribution in [2.24, 2.45) is 0 Å². The van der Waals surface area contributed by atoms with Crippen molar-refractivity contribution in [2.45, 2.75) is 13.0 Å². The molecule has 1 unspecified atom stereocenters. The number of hydrogen-bond donors (Lipinski definition) is 1. The van der Waals surface area contributed by atoms with Gasteiger partial charge < -0.3 is 5.32 Å². The summed E-state index contributed by atoms with van der Waals surface area (Å²) in [6, 6.07) is 18.1. The summed E-state index contributed by atoms with van der Waals surface area (Å²) < 4.78 is 1.35. The first kappa shape index (κ1) is 21.6. The van der Waals surface area contributed by atoms with E-state index in [0.29, 0.717) is 25.9 Å². The lowest BCUT2D eigenvalue weighted by Crippen LogP contribution is -2.31. The molecule has 0 fully saturated rings. The summed E-state index contributed by atoms with van der Waals surface area (Å²) in [5.41, 5.74) is 1.93. The third-order valence-corrected chi connectivity index (χ3v) is 6.83. The van der Waals surface area contributed by atoms with Crippen LogP contribution in [0.1, 0.15) is 13.0 Å². The van der Waals surface area contributed by atoms with Gasteiger partial charge in [-0.3, -0.25) is 14.2 Å². The summed E-state index contributed by atoms with van der Waals surface area (Å²) in [6.07, 6.45) is 1.42. The lowest BCUT2D eigenvalue weighted by molar-refractivity contribution is -0.118. The number of benzene rings is 3. The number of amides is 1. The second-order valence-corrected chi connectivity index (χ2v) is 9.40. The molecule has 33 heavy (non-hydrogen) atoms. The Kier molecular flexibility index (Phi) is 5.66. The van der Waals surface area contributed by atoms with E-state index in [0.717, 1.165) is 21.9 Å². The van der Waals surface area contributed by atoms with Gasteiger partial charge in [0, 0.05) is 26.7 Å². The van der Waals surface area contributed by atoms with Gasteiger partial charge in [-0.25, -0.2) is 4.98 Å². The molecule has 0 saturated carbocycles. The van der Waals surface area contributed by atoms with Crippen molar-refractivity contribution in [3.05, 3.63) is 92.8 Å². The molecule has 3 aromatic carbocycles. The van der Waals surface area contributed by atoms with Crippen molar-refractivity contribution in [1.82, 2.24) is 9.55 Å². The van der Waals surface area contributed by atoms with Gasteiger partial charge in [-0.15, -0.1) is 11.3 Å². The zero-order chi connectivity index (χ0) is 23.1. The Labute approximate surface area is 203 Å². The van der Waals surface area contributed by atoms with Crippen LogP contribution >= 0.6 is 34.5 Å². The number of carbonyl (C=O) groups excluding carboxylic acids is 1. The predicted molar refractivity (Wildman–Crippen MR) is 137 cm³/mol. The molecule has 5 aromatic rings. The first-order chi connectivity index (χ1) is 15.9. The van der Waals surface area contributed by atoms with Crippen LogP contribution in [0, 0.1) is 0 Å². The minimum absolute atomic E-state index is 0.267. The molecule has 5 nitrogen and oxygen atoms in total. The van der Waals surface area contributed by atoms with Crippen molar-refractivity contribution in [3.63, 3.8) is 0 Å². The van der Waals surface area contributed by atoms with Gasteiger partial charge in [-0.2, -0.15) is 0 Å². The number of hydrogen-bond acceptors (Lipinski definition) is 4. The fourth-order valence-corrected chi connectivity index (χ4v) is 5.22. The average molecular weight is 494 g/mol. The zero-order valence-electron chi connectivity index (χ0n) is 17.4. The predicted octanol–water partition coefficient (Wildman–Crippen LogP) is 6.78. The standard InChI is InChI=1S/C25H17Cl2N3O2S/c1-14(23(31)29-20-10-18(26)9-19(27)11-20)30-13-28-24-22(25(30)32)21(12-33-24)17-7-6-15-4-2-3-5-16(15)8-17/h2-14H,1H3,(H,29,31). The highest BCUT2D eigenvalue weighted by Crippen LogP contribution is 2.33. The maximum atomic E-state index is 13.5. The number of halogens is 2. The molecule has 2 aromatic heterocycles. The van der Waals surface area contributed by atoms with E-state index in [-0.39, 0.29) is 11.5 Å². The molecular formula is C25H17Cl2N3O2S. The fourth-order valence-electron chi connectivity index (χ4n) is 3.79. The van der Waals surface area contributed by atoms with E-state index in [1.54, 1.807) is 25.1 Å². The number of rotatable bonds is 4. The molecule has 2 heterocycles. The number of fused-ring (bicyclic) bond motifs is 2. The third kappa shape index (κ3) is 4.13. The van der Waals surface area contributed by atoms with Gasteiger partial charge in [0.1, 0.15) is 10.9 Å². The number of nitrogens with zero attached hydrogens (tertiary/aromatic N) is 2. The molecule has 1 atom stereocenters. The van der Waals surface area contributed by atoms with Gasteiger partial charge in [0.2, 0.25) is 5.91 Å². The molecule has 8 heteroatoms. The Balaban J connectivity index is 1.53. The number of carbonyl (C=O) groups is 1. The number of thiophene rings is 1. The molecule has 1 amide bonds. The monoisotopic (exact) mass is 493 g/mol. The highest BCUT2D eigenvalue weighted by atomic mass is 35.5. The number of nitrogens with one attached hydrogen (secondary N) is 1. The first-order valence-corrected chi connectivity index (χ1v) is 11.8. The van der Waals surface area contributed by atoms with Crippen LogP contribution in [0.4, 0.5) is 5.69 Å². The van der Waals surface area contributed by atoms with Crippen LogP contribution in [0.3, 0.4) is 0 Å². The smallest absolute Gasteiger partial charge is 0.263 e. The third-order valence-electron chi connectivity index (χ3n) is 5.51. The zero-order valence-corrected chi connectivity index (χ0v) is 19.7. The van der Waals surface area contributed by atoms with Crippen molar-refractivity contribution >= 4 is 67.1 Å². The van der Waals surface area contributed by atoms with Crippen LogP contribution in [0.25, 0.3) is 32.1 Å². The van der Waals surface area contributed by atoms with E-state index in [9.17, 15) is 9.59 Å². The average Bonchev–Trinajstić information content (AvgIpc) is 3.23. The summed E-state index contributed by atoms with van der Waals surface area (Å²) in [6.45, 7) is 1.65. The van der Waals surface area contributed by atoms with Gasteiger partial charge in [0.05, 0.1) is 11.7 Å². The maximum Gasteiger partial charge on any atom is 0.263 e. The maximum absolute atomic E-state index is 13.5. The summed E-state index contributed by atoms with van der Waals surface area (Å²) in [5, 5.41) is 8.23. The largest absolute Gasteiger partial charge is 0.324 e. The lowest BCUT2D eigenvalue weighted by Gasteiger charge is -2.15. The minimum Gasteiger partial charge on any atom is -0.324 e. The van der Waals surface area contributed by atoms with Gasteiger partial charge in [0.25, 0.3) is 5.56 Å². The van der Waals surface area contributed by atoms with Crippen LogP contribution in [0.15, 0.2) is 77.2 Å². The normalized spacial score (nSPS) is 12.2. The van der Waals surface area contributed by atoms with E-state index >= 15 is 0 Å². The quantitative estimate of drug-likeness (QED) is 0.299. The van der Waals surface area contributed by atoms with Crippen molar-refractivity contribution in [2.75, 3.05) is 5.32 Å². The molecular weight excluding hydrogens is 477 g/mol. The van der Waals surface area contributed by atoms with Gasteiger partial charge in [-0.05, 0) is 47.5 Å². The Morgan fingerprint density at radius 1 is 1.03 bits per heavy atom. The van der Waals surface area contributed by atoms with Crippen molar-refractivity contribution in [1.29, 1.82) is 0 Å². The van der Waals surface area contributed by atoms with Crippen LogP contribution in [-0.4, -0.2) is 15.5 Å². The lowest BCUT2D eigenvalue weighted by atomic mass is 10.0. The van der Waals surface area contributed by atoms with Crippen LogP contribution in [-0.2, 0) is 4.79 Å². The summed E-state index contributed by atoms with van der Waals surface area (Å²) >= 11 is 13.4. The first-order valence-electron chi connectivity index (χ1n) is 10.1. The Morgan fingerprint density at radius 2 is 1.76 bits per heavy atom. The fraction of sp³-hybridized carbons (Fsp3) is 0.0800. The van der Waals surface area contributed by atoms with Gasteiger partial charge in [-0.1, -0.05) is 59.6 Å². The van der Waals surface area contributed by atoms with E-state index in [2.05, 4.69) is 16.4 Å². The SMILES string of the molecule is CC(C(=O)Nc1cc(Cl)cc(Cl)c1)n1cnc2scc(-c3ccc4ccccc4c3)c2c1=O. The van der Waals surface area contributed by atoms with Gasteiger partial charge in [0.15, 0.2) is 0 Å². The Bertz CT molecular complexity index is 1570. The van der Waals surface area contributed by atoms with E-state index in [1.165, 1.54) is 22.2 Å². The molecule has 5 rings (SSSR count). The summed E-state index contributed by atoms with van der Waals surface area (Å²) in [7, 11) is 0. The molecule has 0 aliphatic carbocycles. The van der Waals surface area contributed by atoms with Crippen LogP contribution in [0.2, 0.25) is 10.0 Å². The molecule has 0 spiro atoms. The summed E-state index contributed by atoms with van der Waals surface area (Å²) in [4.78, 5) is 31.4.